The lowest BCUT2D eigenvalue weighted by Gasteiger charge is -2.11. The van der Waals surface area contributed by atoms with Gasteiger partial charge >= 0.3 is 0 Å². The molecule has 31 heavy (non-hydrogen) atoms. The maximum Gasteiger partial charge on any atom is 0.145 e. The van der Waals surface area contributed by atoms with Crippen molar-refractivity contribution >= 4 is 32.6 Å². The zero-order chi connectivity index (χ0) is 20.8. The molecule has 0 bridgehead atoms. The fourth-order valence-electron chi connectivity index (χ4n) is 4.09. The number of hydrogen-bond donors (Lipinski definition) is 0. The zero-order valence-electron chi connectivity index (χ0n) is 17.0. The first kappa shape index (κ1) is 18.0. The van der Waals surface area contributed by atoms with E-state index in [2.05, 4.69) is 90.4 Å². The second-order valence-corrected chi connectivity index (χ2v) is 8.70. The first-order valence-corrected chi connectivity index (χ1v) is 11.1. The van der Waals surface area contributed by atoms with E-state index in [0.29, 0.717) is 0 Å². The Hall–Kier alpha value is -3.76. The molecule has 6 aromatic rings. The Morgan fingerprint density at radius 1 is 0.677 bits per heavy atom. The summed E-state index contributed by atoms with van der Waals surface area (Å²) in [7, 11) is 0. The van der Waals surface area contributed by atoms with Crippen LogP contribution in [0.15, 0.2) is 97.1 Å². The predicted molar refractivity (Wildman–Crippen MR) is 130 cm³/mol. The highest BCUT2D eigenvalue weighted by molar-refractivity contribution is 7.21. The van der Waals surface area contributed by atoms with Crippen LogP contribution in [0, 0.1) is 6.92 Å². The summed E-state index contributed by atoms with van der Waals surface area (Å²) in [5.41, 5.74) is 7.66. The summed E-state index contributed by atoms with van der Waals surface area (Å²) in [6.45, 7) is 2.13. The second-order valence-electron chi connectivity index (χ2n) is 7.67. The van der Waals surface area contributed by atoms with Crippen LogP contribution >= 0.6 is 11.3 Å². The van der Waals surface area contributed by atoms with Crippen molar-refractivity contribution in [1.82, 2.24) is 14.5 Å². The van der Waals surface area contributed by atoms with Gasteiger partial charge in [0.25, 0.3) is 0 Å². The molecule has 0 unspecified atom stereocenters. The van der Waals surface area contributed by atoms with Crippen molar-refractivity contribution in [1.29, 1.82) is 0 Å². The molecule has 3 nitrogen and oxygen atoms in total. The lowest BCUT2D eigenvalue weighted by atomic mass is 10.1. The van der Waals surface area contributed by atoms with E-state index >= 15 is 0 Å². The second kappa shape index (κ2) is 7.18. The van der Waals surface area contributed by atoms with Gasteiger partial charge in [0.15, 0.2) is 0 Å². The molecular formula is C27H19N3S. The Balaban J connectivity index is 1.59. The number of fused-ring (bicyclic) bond motifs is 2. The Morgan fingerprint density at radius 2 is 1.39 bits per heavy atom. The average Bonchev–Trinajstić information content (AvgIpc) is 3.41. The fraction of sp³-hybridized carbons (Fsp3) is 0.0370. The number of rotatable bonds is 3. The van der Waals surface area contributed by atoms with Gasteiger partial charge in [0.2, 0.25) is 0 Å². The number of benzene rings is 4. The SMILES string of the molecule is Cc1cc(-c2nc3ccccc3s2)cc(-c2nc3ccccc3n2-c2ccccc2)c1. The average molecular weight is 418 g/mol. The first-order valence-electron chi connectivity index (χ1n) is 10.3. The molecule has 0 aliphatic heterocycles. The zero-order valence-corrected chi connectivity index (χ0v) is 17.8. The minimum absolute atomic E-state index is 0.943. The highest BCUT2D eigenvalue weighted by atomic mass is 32.1. The monoisotopic (exact) mass is 417 g/mol. The molecular weight excluding hydrogens is 398 g/mol. The van der Waals surface area contributed by atoms with Crippen molar-refractivity contribution in [3.8, 4) is 27.6 Å². The summed E-state index contributed by atoms with van der Waals surface area (Å²) in [5, 5.41) is 1.04. The molecule has 0 aliphatic rings. The normalized spacial score (nSPS) is 11.4. The van der Waals surface area contributed by atoms with Crippen molar-refractivity contribution in [2.24, 2.45) is 0 Å². The number of thiazole rings is 1. The third-order valence-electron chi connectivity index (χ3n) is 5.45. The maximum absolute atomic E-state index is 5.02. The standard InChI is InChI=1S/C27H19N3S/c1-18-15-19(17-20(16-18)27-29-23-12-6-8-14-25(23)31-27)26-28-22-11-5-7-13-24(22)30(26)21-9-3-2-4-10-21/h2-17H,1H3. The molecule has 4 aromatic carbocycles. The molecule has 0 radical (unpaired) electrons. The van der Waals surface area contributed by atoms with Crippen LogP contribution in [0.3, 0.4) is 0 Å². The van der Waals surface area contributed by atoms with Gasteiger partial charge in [-0.15, -0.1) is 11.3 Å². The molecule has 0 N–H and O–H groups in total. The lowest BCUT2D eigenvalue weighted by Crippen LogP contribution is -1.97. The predicted octanol–water partition coefficient (Wildman–Crippen LogP) is 7.28. The Labute approximate surface area is 184 Å². The molecule has 6 rings (SSSR count). The number of aromatic nitrogens is 3. The first-order chi connectivity index (χ1) is 15.3. The third-order valence-corrected chi connectivity index (χ3v) is 6.54. The van der Waals surface area contributed by atoms with Gasteiger partial charge < -0.3 is 0 Å². The quantitative estimate of drug-likeness (QED) is 0.303. The van der Waals surface area contributed by atoms with Crippen molar-refractivity contribution in [3.63, 3.8) is 0 Å². The van der Waals surface area contributed by atoms with Crippen LogP contribution in [0.1, 0.15) is 5.56 Å². The molecule has 0 atom stereocenters. The highest BCUT2D eigenvalue weighted by Crippen LogP contribution is 2.35. The van der Waals surface area contributed by atoms with Gasteiger partial charge in [-0.25, -0.2) is 9.97 Å². The van der Waals surface area contributed by atoms with E-state index in [1.54, 1.807) is 11.3 Å². The van der Waals surface area contributed by atoms with Crippen LogP contribution in [0.5, 0.6) is 0 Å². The van der Waals surface area contributed by atoms with Crippen LogP contribution < -0.4 is 0 Å². The topological polar surface area (TPSA) is 30.7 Å². The minimum Gasteiger partial charge on any atom is -0.292 e. The molecule has 0 amide bonds. The smallest absolute Gasteiger partial charge is 0.145 e. The van der Waals surface area contributed by atoms with Crippen molar-refractivity contribution in [2.75, 3.05) is 0 Å². The molecule has 148 valence electrons. The fourth-order valence-corrected chi connectivity index (χ4v) is 5.04. The van der Waals surface area contributed by atoms with E-state index in [1.165, 1.54) is 10.3 Å². The van der Waals surface area contributed by atoms with Crippen molar-refractivity contribution in [3.05, 3.63) is 103 Å². The van der Waals surface area contributed by atoms with E-state index in [4.69, 9.17) is 9.97 Å². The van der Waals surface area contributed by atoms with Gasteiger partial charge in [-0.1, -0.05) is 42.5 Å². The Bertz CT molecular complexity index is 1510. The van der Waals surface area contributed by atoms with E-state index in [1.807, 2.05) is 18.2 Å². The molecule has 2 aromatic heterocycles. The van der Waals surface area contributed by atoms with Crippen molar-refractivity contribution in [2.45, 2.75) is 6.92 Å². The molecule has 2 heterocycles. The Morgan fingerprint density at radius 3 is 2.23 bits per heavy atom. The third kappa shape index (κ3) is 3.13. The van der Waals surface area contributed by atoms with E-state index in [0.717, 1.165) is 44.2 Å². The maximum atomic E-state index is 5.02. The highest BCUT2D eigenvalue weighted by Gasteiger charge is 2.16. The van der Waals surface area contributed by atoms with Crippen LogP contribution in [0.25, 0.3) is 48.9 Å². The van der Waals surface area contributed by atoms with Gasteiger partial charge in [-0.3, -0.25) is 4.57 Å². The van der Waals surface area contributed by atoms with Gasteiger partial charge in [-0.05, 0) is 67.1 Å². The molecule has 0 aliphatic carbocycles. The van der Waals surface area contributed by atoms with E-state index in [9.17, 15) is 0 Å². The van der Waals surface area contributed by atoms with Gasteiger partial charge in [0.05, 0.1) is 21.3 Å². The summed E-state index contributed by atoms with van der Waals surface area (Å²) in [6, 6.07) is 33.7. The number of imidazole rings is 1. The summed E-state index contributed by atoms with van der Waals surface area (Å²) in [6.07, 6.45) is 0. The summed E-state index contributed by atoms with van der Waals surface area (Å²) < 4.78 is 3.45. The molecule has 4 heteroatoms. The van der Waals surface area contributed by atoms with Crippen LogP contribution in [0.4, 0.5) is 0 Å². The molecule has 0 saturated heterocycles. The summed E-state index contributed by atoms with van der Waals surface area (Å²) in [4.78, 5) is 9.90. The van der Waals surface area contributed by atoms with Gasteiger partial charge in [-0.2, -0.15) is 0 Å². The lowest BCUT2D eigenvalue weighted by molar-refractivity contribution is 1.10. The Kier molecular flexibility index (Phi) is 4.18. The van der Waals surface area contributed by atoms with Gasteiger partial charge in [0.1, 0.15) is 10.8 Å². The minimum atomic E-state index is 0.943. The summed E-state index contributed by atoms with van der Waals surface area (Å²) >= 11 is 1.73. The van der Waals surface area contributed by atoms with E-state index in [-0.39, 0.29) is 0 Å². The van der Waals surface area contributed by atoms with Gasteiger partial charge in [0, 0.05) is 16.8 Å². The molecule has 0 fully saturated rings. The summed E-state index contributed by atoms with van der Waals surface area (Å²) in [5.74, 6) is 0.943. The van der Waals surface area contributed by atoms with Crippen LogP contribution in [0.2, 0.25) is 0 Å². The molecule has 0 saturated carbocycles. The largest absolute Gasteiger partial charge is 0.292 e. The van der Waals surface area contributed by atoms with Crippen molar-refractivity contribution < 1.29 is 0 Å². The van der Waals surface area contributed by atoms with Crippen LogP contribution in [-0.4, -0.2) is 14.5 Å². The number of nitrogens with zero attached hydrogens (tertiary/aromatic N) is 3. The van der Waals surface area contributed by atoms with E-state index < -0.39 is 0 Å². The number of para-hydroxylation sites is 4. The van der Waals surface area contributed by atoms with Crippen LogP contribution in [-0.2, 0) is 0 Å². The number of hydrogen-bond acceptors (Lipinski definition) is 3. The number of aryl methyl sites for hydroxylation is 1. The molecule has 0 spiro atoms.